The highest BCUT2D eigenvalue weighted by molar-refractivity contribution is 7.98. The van der Waals surface area contributed by atoms with Crippen LogP contribution in [0.1, 0.15) is 40.5 Å². The molecule has 0 radical (unpaired) electrons. The second kappa shape index (κ2) is 5.05. The summed E-state index contributed by atoms with van der Waals surface area (Å²) in [5.41, 5.74) is 1.13. The Balaban J connectivity index is 1.69. The summed E-state index contributed by atoms with van der Waals surface area (Å²) in [6, 6.07) is 7.02. The van der Waals surface area contributed by atoms with Gasteiger partial charge in [-0.25, -0.2) is 9.78 Å². The number of hydrogen-bond donors (Lipinski definition) is 2. The van der Waals surface area contributed by atoms with Crippen LogP contribution >= 0.6 is 11.8 Å². The zero-order valence-electron chi connectivity index (χ0n) is 10.2. The molecule has 2 aromatic rings. The van der Waals surface area contributed by atoms with E-state index >= 15 is 0 Å². The van der Waals surface area contributed by atoms with Gasteiger partial charge in [0.05, 0.1) is 5.56 Å². The van der Waals surface area contributed by atoms with E-state index < -0.39 is 5.97 Å². The number of H-pyrrole nitrogens is 1. The first-order chi connectivity index (χ1) is 9.24. The van der Waals surface area contributed by atoms with Crippen LogP contribution in [0.25, 0.3) is 0 Å². The molecule has 98 valence electrons. The van der Waals surface area contributed by atoms with Gasteiger partial charge < -0.3 is 5.11 Å². The summed E-state index contributed by atoms with van der Waals surface area (Å²) in [5, 5.41) is 16.9. The van der Waals surface area contributed by atoms with Crippen molar-refractivity contribution in [2.24, 2.45) is 0 Å². The second-order valence-corrected chi connectivity index (χ2v) is 5.47. The average molecular weight is 275 g/mol. The molecule has 1 aliphatic rings. The molecule has 0 aliphatic heterocycles. The predicted molar refractivity (Wildman–Crippen MR) is 71.3 cm³/mol. The first-order valence-corrected chi connectivity index (χ1v) is 7.09. The van der Waals surface area contributed by atoms with Crippen LogP contribution in [0.4, 0.5) is 0 Å². The zero-order chi connectivity index (χ0) is 13.2. The largest absolute Gasteiger partial charge is 0.478 e. The summed E-state index contributed by atoms with van der Waals surface area (Å²) in [4.78, 5) is 15.5. The molecular weight excluding hydrogens is 262 g/mol. The molecule has 19 heavy (non-hydrogen) atoms. The monoisotopic (exact) mass is 275 g/mol. The highest BCUT2D eigenvalue weighted by Gasteiger charge is 2.27. The van der Waals surface area contributed by atoms with Gasteiger partial charge in [0.25, 0.3) is 0 Å². The quantitative estimate of drug-likeness (QED) is 0.820. The van der Waals surface area contributed by atoms with Crippen LogP contribution in [0.3, 0.4) is 0 Å². The van der Waals surface area contributed by atoms with Gasteiger partial charge in [0.1, 0.15) is 5.82 Å². The number of benzene rings is 1. The maximum atomic E-state index is 11.1. The number of carboxylic acid groups (broad SMARTS) is 1. The highest BCUT2D eigenvalue weighted by Crippen LogP contribution is 2.38. The Bertz CT molecular complexity index is 607. The number of aromatic amines is 1. The normalized spacial score (nSPS) is 14.5. The van der Waals surface area contributed by atoms with E-state index in [4.69, 9.17) is 5.11 Å². The summed E-state index contributed by atoms with van der Waals surface area (Å²) in [6.45, 7) is 0. The highest BCUT2D eigenvalue weighted by atomic mass is 32.2. The standard InChI is InChI=1S/C13H13N3O2S/c17-12(18)10-4-2-1-3-9(10)7-19-13-14-11(15-16-13)8-5-6-8/h1-4,8H,5-7H2,(H,17,18)(H,14,15,16). The zero-order valence-corrected chi connectivity index (χ0v) is 11.0. The van der Waals surface area contributed by atoms with Crippen LogP contribution in [0.15, 0.2) is 29.4 Å². The van der Waals surface area contributed by atoms with E-state index in [0.717, 1.165) is 11.4 Å². The lowest BCUT2D eigenvalue weighted by Gasteiger charge is -2.03. The molecule has 1 aromatic carbocycles. The number of aromatic nitrogens is 3. The van der Waals surface area contributed by atoms with Crippen molar-refractivity contribution in [3.8, 4) is 0 Å². The van der Waals surface area contributed by atoms with E-state index in [9.17, 15) is 4.79 Å². The van der Waals surface area contributed by atoms with E-state index in [0.29, 0.717) is 22.4 Å². The summed E-state index contributed by atoms with van der Waals surface area (Å²) in [5.74, 6) is 1.16. The fourth-order valence-corrected chi connectivity index (χ4v) is 2.67. The van der Waals surface area contributed by atoms with Gasteiger partial charge in [-0.2, -0.15) is 0 Å². The second-order valence-electron chi connectivity index (χ2n) is 4.53. The van der Waals surface area contributed by atoms with Crippen molar-refractivity contribution in [3.63, 3.8) is 0 Å². The van der Waals surface area contributed by atoms with Crippen molar-refractivity contribution >= 4 is 17.7 Å². The number of thioether (sulfide) groups is 1. The number of nitrogens with one attached hydrogen (secondary N) is 1. The van der Waals surface area contributed by atoms with Crippen molar-refractivity contribution in [2.45, 2.75) is 29.7 Å². The lowest BCUT2D eigenvalue weighted by Crippen LogP contribution is -2.00. The SMILES string of the molecule is O=C(O)c1ccccc1CSc1n[nH]c(C2CC2)n1. The van der Waals surface area contributed by atoms with Crippen molar-refractivity contribution < 1.29 is 9.90 Å². The van der Waals surface area contributed by atoms with Gasteiger partial charge in [-0.3, -0.25) is 5.10 Å². The summed E-state index contributed by atoms with van der Waals surface area (Å²) >= 11 is 1.45. The number of carboxylic acids is 1. The third kappa shape index (κ3) is 2.78. The molecule has 1 fully saturated rings. The van der Waals surface area contributed by atoms with Gasteiger partial charge in [0.2, 0.25) is 5.16 Å². The maximum absolute atomic E-state index is 11.1. The molecule has 1 heterocycles. The molecule has 1 aliphatic carbocycles. The Hall–Kier alpha value is -1.82. The van der Waals surface area contributed by atoms with Crippen molar-refractivity contribution in [2.75, 3.05) is 0 Å². The molecule has 0 unspecified atom stereocenters. The molecule has 0 atom stereocenters. The third-order valence-electron chi connectivity index (χ3n) is 3.05. The van der Waals surface area contributed by atoms with Gasteiger partial charge in [-0.15, -0.1) is 5.10 Å². The van der Waals surface area contributed by atoms with Gasteiger partial charge in [-0.1, -0.05) is 30.0 Å². The topological polar surface area (TPSA) is 78.9 Å². The minimum atomic E-state index is -0.898. The van der Waals surface area contributed by atoms with Crippen LogP contribution in [0.2, 0.25) is 0 Å². The van der Waals surface area contributed by atoms with E-state index in [1.807, 2.05) is 12.1 Å². The molecule has 0 spiro atoms. The summed E-state index contributed by atoms with van der Waals surface area (Å²) < 4.78 is 0. The molecule has 1 aromatic heterocycles. The van der Waals surface area contributed by atoms with Gasteiger partial charge >= 0.3 is 5.97 Å². The van der Waals surface area contributed by atoms with Crippen molar-refractivity contribution in [3.05, 3.63) is 41.2 Å². The van der Waals surface area contributed by atoms with E-state index in [1.165, 1.54) is 24.6 Å². The number of hydrogen-bond acceptors (Lipinski definition) is 4. The Morgan fingerprint density at radius 1 is 1.42 bits per heavy atom. The molecule has 0 bridgehead atoms. The molecule has 5 nitrogen and oxygen atoms in total. The van der Waals surface area contributed by atoms with Gasteiger partial charge in [0, 0.05) is 11.7 Å². The van der Waals surface area contributed by atoms with Crippen molar-refractivity contribution in [1.82, 2.24) is 15.2 Å². The van der Waals surface area contributed by atoms with E-state index in [1.54, 1.807) is 12.1 Å². The number of rotatable bonds is 5. The Kier molecular flexibility index (Phi) is 3.25. The van der Waals surface area contributed by atoms with Crippen LogP contribution in [-0.2, 0) is 5.75 Å². The summed E-state index contributed by atoms with van der Waals surface area (Å²) in [7, 11) is 0. The fourth-order valence-electron chi connectivity index (χ4n) is 1.86. The fraction of sp³-hybridized carbons (Fsp3) is 0.308. The molecular formula is C13H13N3O2S. The maximum Gasteiger partial charge on any atom is 0.335 e. The molecule has 0 amide bonds. The van der Waals surface area contributed by atoms with E-state index in [-0.39, 0.29) is 0 Å². The molecule has 2 N–H and O–H groups in total. The van der Waals surface area contributed by atoms with Crippen molar-refractivity contribution in [1.29, 1.82) is 0 Å². The molecule has 3 rings (SSSR count). The van der Waals surface area contributed by atoms with Gasteiger partial charge in [0.15, 0.2) is 0 Å². The molecule has 1 saturated carbocycles. The molecule has 6 heteroatoms. The Morgan fingerprint density at radius 2 is 2.21 bits per heavy atom. The Morgan fingerprint density at radius 3 is 2.95 bits per heavy atom. The molecule has 0 saturated heterocycles. The minimum Gasteiger partial charge on any atom is -0.478 e. The first-order valence-electron chi connectivity index (χ1n) is 6.10. The minimum absolute atomic E-state index is 0.341. The number of carbonyl (C=O) groups is 1. The smallest absolute Gasteiger partial charge is 0.335 e. The first kappa shape index (κ1) is 12.2. The Labute approximate surface area is 114 Å². The van der Waals surface area contributed by atoms with E-state index in [2.05, 4.69) is 15.2 Å². The number of nitrogens with zero attached hydrogens (tertiary/aromatic N) is 2. The van der Waals surface area contributed by atoms with Crippen LogP contribution in [0.5, 0.6) is 0 Å². The van der Waals surface area contributed by atoms with Gasteiger partial charge in [-0.05, 0) is 24.5 Å². The lowest BCUT2D eigenvalue weighted by atomic mass is 10.1. The summed E-state index contributed by atoms with van der Waals surface area (Å²) in [6.07, 6.45) is 2.36. The third-order valence-corrected chi connectivity index (χ3v) is 3.95. The van der Waals surface area contributed by atoms with Crippen LogP contribution < -0.4 is 0 Å². The van der Waals surface area contributed by atoms with Crippen LogP contribution in [0, 0.1) is 0 Å². The lowest BCUT2D eigenvalue weighted by molar-refractivity contribution is 0.0696. The predicted octanol–water partition coefficient (Wildman–Crippen LogP) is 2.67. The average Bonchev–Trinajstić information content (AvgIpc) is 3.16. The number of aromatic carboxylic acids is 1. The van der Waals surface area contributed by atoms with Crippen LogP contribution in [-0.4, -0.2) is 26.3 Å².